The van der Waals surface area contributed by atoms with Crippen LogP contribution in [0.2, 0.25) is 0 Å². The highest BCUT2D eigenvalue weighted by Gasteiger charge is 1.99. The van der Waals surface area contributed by atoms with Crippen molar-refractivity contribution in [1.29, 1.82) is 0 Å². The zero-order valence-electron chi connectivity index (χ0n) is 12.6. The first kappa shape index (κ1) is 15.6. The van der Waals surface area contributed by atoms with E-state index in [1.807, 2.05) is 48.5 Å². The maximum Gasteiger partial charge on any atom is 0.221 e. The maximum absolute atomic E-state index is 11.1. The molecule has 2 aromatic rings. The molecule has 5 heteroatoms. The van der Waals surface area contributed by atoms with Gasteiger partial charge in [-0.25, -0.2) is 0 Å². The minimum absolute atomic E-state index is 0.0827. The Bertz CT molecular complexity index is 666. The summed E-state index contributed by atoms with van der Waals surface area (Å²) in [6, 6.07) is 15.2. The first-order valence-corrected chi connectivity index (χ1v) is 7.01. The van der Waals surface area contributed by atoms with Gasteiger partial charge in [-0.3, -0.25) is 9.59 Å². The first-order chi connectivity index (χ1) is 10.5. The van der Waals surface area contributed by atoms with Gasteiger partial charge < -0.3 is 16.0 Å². The van der Waals surface area contributed by atoms with E-state index in [1.165, 1.54) is 13.8 Å². The van der Waals surface area contributed by atoms with Crippen LogP contribution in [0.3, 0.4) is 0 Å². The lowest BCUT2D eigenvalue weighted by Crippen LogP contribution is -2.07. The second-order valence-electron chi connectivity index (χ2n) is 4.99. The quantitative estimate of drug-likeness (QED) is 0.793. The van der Waals surface area contributed by atoms with Gasteiger partial charge in [0.2, 0.25) is 11.8 Å². The van der Waals surface area contributed by atoms with Gasteiger partial charge in [-0.1, -0.05) is 18.2 Å². The number of hydrogen-bond donors (Lipinski definition) is 3. The molecule has 0 aliphatic rings. The van der Waals surface area contributed by atoms with Crippen LogP contribution in [-0.4, -0.2) is 11.8 Å². The molecule has 0 unspecified atom stereocenters. The fourth-order valence-electron chi connectivity index (χ4n) is 2.02. The van der Waals surface area contributed by atoms with E-state index in [2.05, 4.69) is 16.0 Å². The fourth-order valence-corrected chi connectivity index (χ4v) is 2.02. The summed E-state index contributed by atoms with van der Waals surface area (Å²) in [7, 11) is 0. The van der Waals surface area contributed by atoms with Crippen molar-refractivity contribution in [3.05, 3.63) is 54.1 Å². The van der Waals surface area contributed by atoms with Gasteiger partial charge in [-0.15, -0.1) is 0 Å². The molecule has 114 valence electrons. The third-order valence-electron chi connectivity index (χ3n) is 2.95. The zero-order chi connectivity index (χ0) is 15.9. The van der Waals surface area contributed by atoms with E-state index >= 15 is 0 Å². The number of benzene rings is 2. The summed E-state index contributed by atoms with van der Waals surface area (Å²) in [5.74, 6) is -0.175. The van der Waals surface area contributed by atoms with Crippen LogP contribution in [0.4, 0.5) is 17.1 Å². The molecule has 5 nitrogen and oxygen atoms in total. The summed E-state index contributed by atoms with van der Waals surface area (Å²) < 4.78 is 0. The van der Waals surface area contributed by atoms with Gasteiger partial charge in [0.15, 0.2) is 0 Å². The average molecular weight is 297 g/mol. The van der Waals surface area contributed by atoms with Crippen LogP contribution in [0.5, 0.6) is 0 Å². The third-order valence-corrected chi connectivity index (χ3v) is 2.95. The fraction of sp³-hybridized carbons (Fsp3) is 0.176. The number of rotatable bonds is 5. The van der Waals surface area contributed by atoms with Gasteiger partial charge >= 0.3 is 0 Å². The van der Waals surface area contributed by atoms with Gasteiger partial charge in [-0.2, -0.15) is 0 Å². The van der Waals surface area contributed by atoms with Crippen molar-refractivity contribution in [1.82, 2.24) is 0 Å². The van der Waals surface area contributed by atoms with Crippen LogP contribution < -0.4 is 16.0 Å². The Balaban J connectivity index is 1.95. The monoisotopic (exact) mass is 297 g/mol. The molecule has 0 bridgehead atoms. The van der Waals surface area contributed by atoms with Crippen LogP contribution in [0.1, 0.15) is 19.4 Å². The van der Waals surface area contributed by atoms with E-state index in [0.717, 1.165) is 22.6 Å². The van der Waals surface area contributed by atoms with Crippen molar-refractivity contribution < 1.29 is 9.59 Å². The molecule has 2 aromatic carbocycles. The molecule has 0 aliphatic carbocycles. The predicted octanol–water partition coefficient (Wildman–Crippen LogP) is 3.22. The van der Waals surface area contributed by atoms with E-state index in [1.54, 1.807) is 0 Å². The Kier molecular flexibility index (Phi) is 5.14. The Labute approximate surface area is 129 Å². The lowest BCUT2D eigenvalue weighted by Gasteiger charge is -2.09. The standard InChI is InChI=1S/C17H19N3O2/c1-12(21)19-15-8-6-14(7-9-15)11-18-16-4-3-5-17(10-16)20-13(2)22/h3-10,18H,11H2,1-2H3,(H,19,21)(H,20,22). The minimum atomic E-state index is -0.0919. The highest BCUT2D eigenvalue weighted by molar-refractivity contribution is 5.89. The molecule has 0 radical (unpaired) electrons. The largest absolute Gasteiger partial charge is 0.381 e. The first-order valence-electron chi connectivity index (χ1n) is 7.01. The summed E-state index contributed by atoms with van der Waals surface area (Å²) in [6.45, 7) is 3.62. The van der Waals surface area contributed by atoms with E-state index < -0.39 is 0 Å². The van der Waals surface area contributed by atoms with Crippen molar-refractivity contribution in [2.45, 2.75) is 20.4 Å². The molecule has 0 fully saturated rings. The SMILES string of the molecule is CC(=O)Nc1ccc(CNc2cccc(NC(C)=O)c2)cc1. The molecule has 22 heavy (non-hydrogen) atoms. The van der Waals surface area contributed by atoms with Crippen LogP contribution in [0.15, 0.2) is 48.5 Å². The second-order valence-corrected chi connectivity index (χ2v) is 4.99. The molecule has 0 aromatic heterocycles. The van der Waals surface area contributed by atoms with Crippen molar-refractivity contribution in [2.24, 2.45) is 0 Å². The van der Waals surface area contributed by atoms with Gasteiger partial charge in [0, 0.05) is 37.5 Å². The minimum Gasteiger partial charge on any atom is -0.381 e. The summed E-state index contributed by atoms with van der Waals surface area (Å²) in [6.07, 6.45) is 0. The van der Waals surface area contributed by atoms with E-state index in [0.29, 0.717) is 6.54 Å². The van der Waals surface area contributed by atoms with Crippen LogP contribution in [0.25, 0.3) is 0 Å². The Hall–Kier alpha value is -2.82. The van der Waals surface area contributed by atoms with Crippen molar-refractivity contribution in [3.63, 3.8) is 0 Å². The molecule has 2 amide bonds. The number of anilines is 3. The number of carbonyl (C=O) groups excluding carboxylic acids is 2. The summed E-state index contributed by atoms with van der Waals surface area (Å²) in [4.78, 5) is 22.0. The molecule has 0 saturated carbocycles. The molecule has 2 rings (SSSR count). The predicted molar refractivity (Wildman–Crippen MR) is 88.8 cm³/mol. The average Bonchev–Trinajstić information content (AvgIpc) is 2.46. The van der Waals surface area contributed by atoms with Crippen LogP contribution in [0, 0.1) is 0 Å². The molecule has 0 saturated heterocycles. The number of amides is 2. The Morgan fingerprint density at radius 3 is 2.05 bits per heavy atom. The van der Waals surface area contributed by atoms with Crippen molar-refractivity contribution >= 4 is 28.9 Å². The second kappa shape index (κ2) is 7.26. The summed E-state index contributed by atoms with van der Waals surface area (Å²) in [5, 5.41) is 8.78. The zero-order valence-corrected chi connectivity index (χ0v) is 12.6. The normalized spacial score (nSPS) is 9.91. The van der Waals surface area contributed by atoms with Crippen molar-refractivity contribution in [3.8, 4) is 0 Å². The third kappa shape index (κ3) is 4.94. The highest BCUT2D eigenvalue weighted by atomic mass is 16.2. The van der Waals surface area contributed by atoms with Gasteiger partial charge in [0.05, 0.1) is 0 Å². The lowest BCUT2D eigenvalue weighted by atomic mass is 10.2. The highest BCUT2D eigenvalue weighted by Crippen LogP contribution is 2.16. The Morgan fingerprint density at radius 1 is 0.818 bits per heavy atom. The van der Waals surface area contributed by atoms with E-state index in [9.17, 15) is 9.59 Å². The van der Waals surface area contributed by atoms with Gasteiger partial charge in [0.1, 0.15) is 0 Å². The molecular formula is C17H19N3O2. The molecule has 3 N–H and O–H groups in total. The molecular weight excluding hydrogens is 278 g/mol. The topological polar surface area (TPSA) is 70.2 Å². The molecule has 0 aliphatic heterocycles. The summed E-state index contributed by atoms with van der Waals surface area (Å²) in [5.41, 5.74) is 3.57. The molecule has 0 atom stereocenters. The lowest BCUT2D eigenvalue weighted by molar-refractivity contribution is -0.115. The van der Waals surface area contributed by atoms with Crippen LogP contribution in [-0.2, 0) is 16.1 Å². The van der Waals surface area contributed by atoms with Crippen LogP contribution >= 0.6 is 0 Å². The van der Waals surface area contributed by atoms with Gasteiger partial charge in [-0.05, 0) is 35.9 Å². The van der Waals surface area contributed by atoms with E-state index in [-0.39, 0.29) is 11.8 Å². The summed E-state index contributed by atoms with van der Waals surface area (Å²) >= 11 is 0. The molecule has 0 heterocycles. The van der Waals surface area contributed by atoms with Gasteiger partial charge in [0.25, 0.3) is 0 Å². The maximum atomic E-state index is 11.1. The Morgan fingerprint density at radius 2 is 1.41 bits per heavy atom. The van der Waals surface area contributed by atoms with Crippen molar-refractivity contribution in [2.75, 3.05) is 16.0 Å². The number of nitrogens with one attached hydrogen (secondary N) is 3. The van der Waals surface area contributed by atoms with E-state index in [4.69, 9.17) is 0 Å². The number of hydrogen-bond acceptors (Lipinski definition) is 3. The smallest absolute Gasteiger partial charge is 0.221 e. The number of carbonyl (C=O) groups is 2. The molecule has 0 spiro atoms.